The summed E-state index contributed by atoms with van der Waals surface area (Å²) in [6.07, 6.45) is 5.12. The molecule has 0 radical (unpaired) electrons. The molecule has 0 amide bonds. The normalized spacial score (nSPS) is 23.4. The van der Waals surface area contributed by atoms with E-state index in [9.17, 15) is 0 Å². The molecule has 10 heavy (non-hydrogen) atoms. The molecule has 0 aromatic heterocycles. The number of hydrogen-bond donors (Lipinski definition) is 2. The van der Waals surface area contributed by atoms with Crippen LogP contribution in [0.15, 0.2) is 0 Å². The first-order chi connectivity index (χ1) is 4.79. The van der Waals surface area contributed by atoms with E-state index in [1.165, 1.54) is 25.7 Å². The quantitative estimate of drug-likeness (QED) is 0.615. The number of hydrogen-bond acceptors (Lipinski definition) is 2. The van der Waals surface area contributed by atoms with Crippen molar-refractivity contribution >= 4 is 0 Å². The zero-order chi connectivity index (χ0) is 7.40. The highest BCUT2D eigenvalue weighted by Crippen LogP contribution is 2.17. The summed E-state index contributed by atoms with van der Waals surface area (Å²) < 4.78 is 0. The van der Waals surface area contributed by atoms with Crippen LogP contribution in [0.1, 0.15) is 32.6 Å². The molecule has 2 nitrogen and oxygen atoms in total. The Hall–Kier alpha value is -0.0800. The average molecular weight is 143 g/mol. The Morgan fingerprint density at radius 3 is 2.60 bits per heavy atom. The zero-order valence-electron chi connectivity index (χ0n) is 6.64. The van der Waals surface area contributed by atoms with Crippen LogP contribution in [0.5, 0.6) is 0 Å². The smallest absolute Gasteiger partial charge is 0.0636 e. The summed E-state index contributed by atoms with van der Waals surface area (Å²) in [5, 5.41) is 12.3. The van der Waals surface area contributed by atoms with Crippen molar-refractivity contribution in [2.45, 2.75) is 44.8 Å². The minimum atomic E-state index is -0.194. The summed E-state index contributed by atoms with van der Waals surface area (Å²) >= 11 is 0. The Morgan fingerprint density at radius 1 is 1.50 bits per heavy atom. The van der Waals surface area contributed by atoms with E-state index >= 15 is 0 Å². The van der Waals surface area contributed by atoms with Crippen LogP contribution in [0.2, 0.25) is 0 Å². The second-order valence-corrected chi connectivity index (χ2v) is 3.24. The standard InChI is InChI=1S/C8H17NO/c1-7(10)6-9-8-4-2-3-5-8/h7-10H,2-6H2,1H3. The van der Waals surface area contributed by atoms with Crippen molar-refractivity contribution in [3.05, 3.63) is 0 Å². The fourth-order valence-corrected chi connectivity index (χ4v) is 1.47. The van der Waals surface area contributed by atoms with Gasteiger partial charge in [-0.15, -0.1) is 0 Å². The van der Waals surface area contributed by atoms with Gasteiger partial charge in [0, 0.05) is 12.6 Å². The van der Waals surface area contributed by atoms with Crippen molar-refractivity contribution in [1.29, 1.82) is 0 Å². The Balaban J connectivity index is 2.01. The van der Waals surface area contributed by atoms with Gasteiger partial charge in [0.1, 0.15) is 0 Å². The third-order valence-electron chi connectivity index (χ3n) is 2.06. The Labute approximate surface area is 62.6 Å². The molecule has 1 aliphatic carbocycles. The monoisotopic (exact) mass is 143 g/mol. The van der Waals surface area contributed by atoms with Crippen molar-refractivity contribution in [1.82, 2.24) is 5.32 Å². The summed E-state index contributed by atoms with van der Waals surface area (Å²) in [5.41, 5.74) is 0. The van der Waals surface area contributed by atoms with Gasteiger partial charge in [0.25, 0.3) is 0 Å². The summed E-state index contributed by atoms with van der Waals surface area (Å²) in [5.74, 6) is 0. The highest BCUT2D eigenvalue weighted by molar-refractivity contribution is 4.73. The molecule has 2 N–H and O–H groups in total. The number of nitrogens with one attached hydrogen (secondary N) is 1. The fourth-order valence-electron chi connectivity index (χ4n) is 1.47. The maximum atomic E-state index is 8.95. The van der Waals surface area contributed by atoms with Crippen molar-refractivity contribution in [3.8, 4) is 0 Å². The molecule has 0 heterocycles. The Kier molecular flexibility index (Phi) is 3.16. The Bertz CT molecular complexity index is 87.3. The molecule has 0 bridgehead atoms. The second-order valence-electron chi connectivity index (χ2n) is 3.24. The van der Waals surface area contributed by atoms with E-state index in [2.05, 4.69) is 5.32 Å². The van der Waals surface area contributed by atoms with Gasteiger partial charge in [0.05, 0.1) is 6.10 Å². The van der Waals surface area contributed by atoms with Crippen molar-refractivity contribution in [2.75, 3.05) is 6.54 Å². The fraction of sp³-hybridized carbons (Fsp3) is 1.00. The molecule has 1 rings (SSSR count). The molecule has 2 heteroatoms. The third-order valence-corrected chi connectivity index (χ3v) is 2.06. The van der Waals surface area contributed by atoms with Gasteiger partial charge in [-0.3, -0.25) is 0 Å². The van der Waals surface area contributed by atoms with Crippen LogP contribution in [0.4, 0.5) is 0 Å². The molecular formula is C8H17NO. The van der Waals surface area contributed by atoms with E-state index in [0.717, 1.165) is 6.54 Å². The van der Waals surface area contributed by atoms with Crippen LogP contribution in [-0.2, 0) is 0 Å². The summed E-state index contributed by atoms with van der Waals surface area (Å²) in [6.45, 7) is 2.58. The molecule has 0 saturated heterocycles. The largest absolute Gasteiger partial charge is 0.392 e. The first kappa shape index (κ1) is 8.02. The molecule has 1 aliphatic rings. The number of aliphatic hydroxyl groups excluding tert-OH is 1. The van der Waals surface area contributed by atoms with E-state index in [1.807, 2.05) is 6.92 Å². The van der Waals surface area contributed by atoms with Gasteiger partial charge in [0.2, 0.25) is 0 Å². The highest BCUT2D eigenvalue weighted by Gasteiger charge is 2.13. The Morgan fingerprint density at radius 2 is 2.10 bits per heavy atom. The summed E-state index contributed by atoms with van der Waals surface area (Å²) in [7, 11) is 0. The molecule has 0 aliphatic heterocycles. The van der Waals surface area contributed by atoms with E-state index in [1.54, 1.807) is 0 Å². The predicted molar refractivity (Wildman–Crippen MR) is 41.9 cm³/mol. The molecule has 1 saturated carbocycles. The van der Waals surface area contributed by atoms with Gasteiger partial charge >= 0.3 is 0 Å². The molecule has 1 unspecified atom stereocenters. The second kappa shape index (κ2) is 3.94. The topological polar surface area (TPSA) is 32.3 Å². The van der Waals surface area contributed by atoms with E-state index in [4.69, 9.17) is 5.11 Å². The van der Waals surface area contributed by atoms with Crippen LogP contribution in [0, 0.1) is 0 Å². The predicted octanol–water partition coefficient (Wildman–Crippen LogP) is 0.899. The van der Waals surface area contributed by atoms with E-state index < -0.39 is 0 Å². The maximum absolute atomic E-state index is 8.95. The van der Waals surface area contributed by atoms with Crippen LogP contribution in [0.25, 0.3) is 0 Å². The van der Waals surface area contributed by atoms with Gasteiger partial charge < -0.3 is 10.4 Å². The van der Waals surface area contributed by atoms with E-state index in [-0.39, 0.29) is 6.10 Å². The lowest BCUT2D eigenvalue weighted by Gasteiger charge is -2.12. The lowest BCUT2D eigenvalue weighted by atomic mass is 10.2. The van der Waals surface area contributed by atoms with Gasteiger partial charge in [-0.2, -0.15) is 0 Å². The molecule has 60 valence electrons. The van der Waals surface area contributed by atoms with E-state index in [0.29, 0.717) is 6.04 Å². The summed E-state index contributed by atoms with van der Waals surface area (Å²) in [6, 6.07) is 0.689. The van der Waals surface area contributed by atoms with Gasteiger partial charge in [0.15, 0.2) is 0 Å². The van der Waals surface area contributed by atoms with Crippen LogP contribution < -0.4 is 5.32 Å². The van der Waals surface area contributed by atoms with Crippen molar-refractivity contribution < 1.29 is 5.11 Å². The number of aliphatic hydroxyl groups is 1. The van der Waals surface area contributed by atoms with Gasteiger partial charge in [-0.25, -0.2) is 0 Å². The minimum absolute atomic E-state index is 0.194. The van der Waals surface area contributed by atoms with Crippen LogP contribution in [-0.4, -0.2) is 23.8 Å². The lowest BCUT2D eigenvalue weighted by Crippen LogP contribution is -2.32. The van der Waals surface area contributed by atoms with Gasteiger partial charge in [-0.1, -0.05) is 12.8 Å². The maximum Gasteiger partial charge on any atom is 0.0636 e. The van der Waals surface area contributed by atoms with Crippen molar-refractivity contribution in [3.63, 3.8) is 0 Å². The number of rotatable bonds is 3. The molecule has 1 fully saturated rings. The minimum Gasteiger partial charge on any atom is -0.392 e. The zero-order valence-corrected chi connectivity index (χ0v) is 6.64. The first-order valence-corrected chi connectivity index (χ1v) is 4.20. The van der Waals surface area contributed by atoms with Crippen LogP contribution >= 0.6 is 0 Å². The molecule has 0 spiro atoms. The average Bonchev–Trinajstić information content (AvgIpc) is 2.34. The van der Waals surface area contributed by atoms with Crippen LogP contribution in [0.3, 0.4) is 0 Å². The SMILES string of the molecule is CC(O)CNC1CCCC1. The molecule has 0 aromatic rings. The molecular weight excluding hydrogens is 126 g/mol. The first-order valence-electron chi connectivity index (χ1n) is 4.20. The molecule has 0 aromatic carbocycles. The third kappa shape index (κ3) is 2.67. The van der Waals surface area contributed by atoms with Crippen molar-refractivity contribution in [2.24, 2.45) is 0 Å². The lowest BCUT2D eigenvalue weighted by molar-refractivity contribution is 0.186. The van der Waals surface area contributed by atoms with Gasteiger partial charge in [-0.05, 0) is 19.8 Å². The summed E-state index contributed by atoms with van der Waals surface area (Å²) in [4.78, 5) is 0. The highest BCUT2D eigenvalue weighted by atomic mass is 16.3. The molecule has 1 atom stereocenters.